The number of amides is 10. The summed E-state index contributed by atoms with van der Waals surface area (Å²) in [6.07, 6.45) is 15.5. The van der Waals surface area contributed by atoms with E-state index in [1.54, 1.807) is 11.8 Å². The van der Waals surface area contributed by atoms with Crippen molar-refractivity contribution in [2.45, 2.75) is 264 Å². The first kappa shape index (κ1) is 70.6. The summed E-state index contributed by atoms with van der Waals surface area (Å²) in [7, 11) is 0. The fourth-order valence-electron chi connectivity index (χ4n) is 12.3. The molecule has 0 bridgehead atoms. The van der Waals surface area contributed by atoms with Gasteiger partial charge in [-0.05, 0) is 155 Å². The molecule has 2 saturated carbocycles. The van der Waals surface area contributed by atoms with E-state index in [1.807, 2.05) is 41.5 Å². The summed E-state index contributed by atoms with van der Waals surface area (Å²) in [5.41, 5.74) is -4.82. The highest BCUT2D eigenvalue weighted by molar-refractivity contribution is 6.00. The topological polar surface area (TPSA) is 303 Å². The van der Waals surface area contributed by atoms with Gasteiger partial charge in [0.15, 0.2) is 11.6 Å². The van der Waals surface area contributed by atoms with Gasteiger partial charge in [-0.25, -0.2) is 4.98 Å². The molecule has 3 heterocycles. The zero-order valence-electron chi connectivity index (χ0n) is 54.1. The Morgan fingerprint density at radius 2 is 1.19 bits per heavy atom. The number of nitrogens with one attached hydrogen (secondary N) is 8. The van der Waals surface area contributed by atoms with Crippen molar-refractivity contribution in [3.05, 3.63) is 17.8 Å². The van der Waals surface area contributed by atoms with E-state index in [0.717, 1.165) is 71.0 Å². The van der Waals surface area contributed by atoms with Crippen molar-refractivity contribution < 1.29 is 52.4 Å². The number of hydrogen-bond acceptors (Lipinski definition) is 13. The Morgan fingerprint density at radius 3 is 1.71 bits per heavy atom. The van der Waals surface area contributed by atoms with Crippen LogP contribution in [0.2, 0.25) is 0 Å². The highest BCUT2D eigenvalue weighted by atomic mass is 16.3. The average molecular weight is 1210 g/mol. The second kappa shape index (κ2) is 31.7. The van der Waals surface area contributed by atoms with E-state index in [2.05, 4.69) is 52.4 Å². The van der Waals surface area contributed by atoms with E-state index in [0.29, 0.717) is 50.4 Å². The third kappa shape index (κ3) is 20.8. The zero-order chi connectivity index (χ0) is 63.7. The van der Waals surface area contributed by atoms with Crippen LogP contribution in [0, 0.1) is 30.6 Å². The molecule has 484 valence electrons. The fraction of sp³-hybridized carbons (Fsp3) is 0.794. The molecular weight excluding hydrogens is 1100 g/mol. The van der Waals surface area contributed by atoms with Crippen molar-refractivity contribution in [3.63, 3.8) is 0 Å². The predicted molar refractivity (Wildman–Crippen MR) is 326 cm³/mol. The molecular formula is C63H106N12O11. The summed E-state index contributed by atoms with van der Waals surface area (Å²) < 4.78 is 5.32. The molecule has 5 rings (SSSR count). The van der Waals surface area contributed by atoms with Gasteiger partial charge in [0.1, 0.15) is 53.2 Å². The number of piperidine rings is 1. The molecule has 1 aromatic rings. The molecule has 10 amide bonds. The Hall–Kier alpha value is -6.13. The van der Waals surface area contributed by atoms with Gasteiger partial charge < -0.3 is 61.7 Å². The SMILES string of the molecule is Cc1nc(C(=O)N2CCC[C@H]2N(C=O)[C@@H](CCC2CCCCC2)C(=O)N[C@@H](CC(C)C)C(=O)NC(C)(C)C(=O)N[C@@H](CC(C)C)C(=O)N[C@@H](CC(C)C)C(=O)NC(C)(C)C(=O)NC(C)(C)C(=O)NCCC(=O)NC2(CN3CCCCC3)CCC2)co1. The molecule has 0 aromatic carbocycles. The third-order valence-corrected chi connectivity index (χ3v) is 17.4. The number of oxazole rings is 1. The Balaban J connectivity index is 1.21. The van der Waals surface area contributed by atoms with E-state index in [4.69, 9.17) is 4.42 Å². The Kier molecular flexibility index (Phi) is 26.0. The van der Waals surface area contributed by atoms with Gasteiger partial charge in [-0.15, -0.1) is 0 Å². The van der Waals surface area contributed by atoms with Gasteiger partial charge in [0, 0.05) is 33.0 Å². The van der Waals surface area contributed by atoms with Crippen molar-refractivity contribution >= 4 is 59.6 Å². The standard InChI is InChI=1S/C63H106N12O11/c1-40(2)34-45(52(78)66-46(35-41(3)4)53(79)71-62(12,13)59(85)72-60(8,9)57(83)64-30-27-50(77)69-63(28-21-29-63)38-73-31-18-15-19-32-73)68-58(84)61(10,11)70-54(80)47(36-42(5)6)67-55(81)49(26-25-44-22-16-14-17-23-44)75(39-76)51-24-20-33-74(51)56(82)48-37-86-43(7)65-48/h37,39-42,44-47,49,51H,14-36,38H2,1-13H3,(H,64,83)(H,66,78)(H,67,81)(H,68,84)(H,69,77)(H,70,80)(H,71,79)(H,72,85)/t45-,46-,47-,49-,51+/m0/s1. The van der Waals surface area contributed by atoms with Crippen LogP contribution >= 0.6 is 0 Å². The lowest BCUT2D eigenvalue weighted by molar-refractivity contribution is -0.141. The van der Waals surface area contributed by atoms with Crippen molar-refractivity contribution in [2.24, 2.45) is 23.7 Å². The average Bonchev–Trinajstić information content (AvgIpc) is 2.20. The number of aromatic nitrogens is 1. The quantitative estimate of drug-likeness (QED) is 0.0439. The zero-order valence-corrected chi connectivity index (χ0v) is 54.1. The maximum Gasteiger partial charge on any atom is 0.277 e. The lowest BCUT2D eigenvalue weighted by atomic mass is 9.76. The molecule has 8 N–H and O–H groups in total. The van der Waals surface area contributed by atoms with Crippen molar-refractivity contribution in [3.8, 4) is 0 Å². The largest absolute Gasteiger partial charge is 0.448 e. The smallest absolute Gasteiger partial charge is 0.277 e. The summed E-state index contributed by atoms with van der Waals surface area (Å²) in [5.74, 6) is -4.72. The summed E-state index contributed by atoms with van der Waals surface area (Å²) in [6.45, 7) is 25.2. The summed E-state index contributed by atoms with van der Waals surface area (Å²) in [5, 5.41) is 22.9. The number of aryl methyl sites for hydroxylation is 1. The van der Waals surface area contributed by atoms with Crippen LogP contribution in [-0.4, -0.2) is 164 Å². The number of rotatable bonds is 32. The third-order valence-electron chi connectivity index (χ3n) is 17.4. The van der Waals surface area contributed by atoms with E-state index < -0.39 is 94.2 Å². The molecule has 1 aromatic heterocycles. The first-order valence-electron chi connectivity index (χ1n) is 32.0. The lowest BCUT2D eigenvalue weighted by Crippen LogP contribution is -2.65. The molecule has 86 heavy (non-hydrogen) atoms. The minimum Gasteiger partial charge on any atom is -0.448 e. The van der Waals surface area contributed by atoms with Gasteiger partial charge in [-0.2, -0.15) is 0 Å². The van der Waals surface area contributed by atoms with Crippen LogP contribution in [-0.2, 0) is 43.2 Å². The number of carbonyl (C=O) groups excluding carboxylic acids is 10. The molecule has 4 aliphatic rings. The van der Waals surface area contributed by atoms with Crippen LogP contribution in [0.4, 0.5) is 0 Å². The molecule has 5 atom stereocenters. The lowest BCUT2D eigenvalue weighted by Gasteiger charge is -2.46. The van der Waals surface area contributed by atoms with Gasteiger partial charge in [0.2, 0.25) is 53.7 Å². The maximum atomic E-state index is 14.7. The molecule has 23 nitrogen and oxygen atoms in total. The second-order valence-corrected chi connectivity index (χ2v) is 27.9. The van der Waals surface area contributed by atoms with Crippen LogP contribution in [0.15, 0.2) is 10.7 Å². The van der Waals surface area contributed by atoms with Crippen molar-refractivity contribution in [1.82, 2.24) is 62.2 Å². The molecule has 0 spiro atoms. The minimum atomic E-state index is -1.65. The van der Waals surface area contributed by atoms with Crippen LogP contribution in [0.1, 0.15) is 221 Å². The molecule has 0 radical (unpaired) electrons. The second-order valence-electron chi connectivity index (χ2n) is 27.9. The van der Waals surface area contributed by atoms with Gasteiger partial charge in [-0.1, -0.05) is 80.1 Å². The van der Waals surface area contributed by atoms with Crippen LogP contribution in [0.3, 0.4) is 0 Å². The van der Waals surface area contributed by atoms with E-state index in [1.165, 1.54) is 72.0 Å². The van der Waals surface area contributed by atoms with Gasteiger partial charge in [0.05, 0.1) is 5.54 Å². The van der Waals surface area contributed by atoms with Crippen molar-refractivity contribution in [1.29, 1.82) is 0 Å². The highest BCUT2D eigenvalue weighted by Crippen LogP contribution is 2.34. The Labute approximate surface area is 511 Å². The summed E-state index contributed by atoms with van der Waals surface area (Å²) in [4.78, 5) is 149. The fourth-order valence-corrected chi connectivity index (χ4v) is 12.3. The number of likely N-dealkylation sites (tertiary alicyclic amines) is 2. The number of hydrogen-bond donors (Lipinski definition) is 8. The van der Waals surface area contributed by atoms with E-state index in [-0.39, 0.29) is 67.1 Å². The normalized spacial score (nSPS) is 19.1. The Bertz CT molecular complexity index is 2490. The van der Waals surface area contributed by atoms with Crippen LogP contribution in [0.25, 0.3) is 0 Å². The number of nitrogens with zero attached hydrogens (tertiary/aromatic N) is 4. The van der Waals surface area contributed by atoms with Crippen LogP contribution < -0.4 is 42.5 Å². The Morgan fingerprint density at radius 1 is 0.651 bits per heavy atom. The van der Waals surface area contributed by atoms with E-state index >= 15 is 0 Å². The monoisotopic (exact) mass is 1210 g/mol. The van der Waals surface area contributed by atoms with E-state index in [9.17, 15) is 47.9 Å². The number of carbonyl (C=O) groups is 10. The molecule has 23 heteroatoms. The first-order chi connectivity index (χ1) is 40.3. The molecule has 2 aliphatic carbocycles. The predicted octanol–water partition coefficient (Wildman–Crippen LogP) is 5.04. The summed E-state index contributed by atoms with van der Waals surface area (Å²) >= 11 is 0. The molecule has 2 aliphatic heterocycles. The molecule has 4 fully saturated rings. The first-order valence-corrected chi connectivity index (χ1v) is 32.0. The molecule has 2 saturated heterocycles. The van der Waals surface area contributed by atoms with Crippen molar-refractivity contribution in [2.75, 3.05) is 32.7 Å². The molecule has 0 unspecified atom stereocenters. The van der Waals surface area contributed by atoms with Gasteiger partial charge in [0.25, 0.3) is 5.91 Å². The maximum absolute atomic E-state index is 14.7. The van der Waals surface area contributed by atoms with Crippen LogP contribution in [0.5, 0.6) is 0 Å². The highest BCUT2D eigenvalue weighted by Gasteiger charge is 2.44. The summed E-state index contributed by atoms with van der Waals surface area (Å²) in [6, 6.07) is -4.52. The van der Waals surface area contributed by atoms with Gasteiger partial charge >= 0.3 is 0 Å². The minimum absolute atomic E-state index is 0.0624. The van der Waals surface area contributed by atoms with Gasteiger partial charge in [-0.3, -0.25) is 47.9 Å².